The predicted molar refractivity (Wildman–Crippen MR) is 127 cm³/mol. The number of nitrogens with one attached hydrogen (secondary N) is 1. The number of imidazole rings is 1. The smallest absolute Gasteiger partial charge is 0.326 e. The Balaban J connectivity index is 1.23. The van der Waals surface area contributed by atoms with Gasteiger partial charge in [0.1, 0.15) is 24.5 Å². The minimum atomic E-state index is -0.265. The van der Waals surface area contributed by atoms with E-state index >= 15 is 0 Å². The zero-order chi connectivity index (χ0) is 22.9. The van der Waals surface area contributed by atoms with Crippen molar-refractivity contribution in [3.8, 4) is 17.0 Å². The number of aromatic nitrogens is 2. The number of carbonyl (C=O) groups is 1. The van der Waals surface area contributed by atoms with Gasteiger partial charge < -0.3 is 10.1 Å². The van der Waals surface area contributed by atoms with Crippen LogP contribution in [0.1, 0.15) is 24.0 Å². The number of ether oxygens (including phenoxy) is 1. The number of unbranched alkanes of at least 4 members (excludes halogenated alkanes) is 1. The fourth-order valence-corrected chi connectivity index (χ4v) is 3.44. The van der Waals surface area contributed by atoms with Crippen molar-refractivity contribution in [2.75, 3.05) is 6.54 Å². The molecule has 0 aliphatic rings. The van der Waals surface area contributed by atoms with Crippen LogP contribution in [0.3, 0.4) is 0 Å². The first-order chi connectivity index (χ1) is 16.2. The third-order valence-electron chi connectivity index (χ3n) is 5.30. The van der Waals surface area contributed by atoms with Crippen molar-refractivity contribution in [2.24, 2.45) is 0 Å². The van der Waals surface area contributed by atoms with Crippen molar-refractivity contribution in [3.63, 3.8) is 0 Å². The fraction of sp³-hybridized carbons (Fsp3) is 0.185. The van der Waals surface area contributed by atoms with Crippen LogP contribution in [0.25, 0.3) is 11.3 Å². The van der Waals surface area contributed by atoms with E-state index in [2.05, 4.69) is 22.4 Å². The fourth-order valence-electron chi connectivity index (χ4n) is 3.44. The van der Waals surface area contributed by atoms with E-state index in [4.69, 9.17) is 4.74 Å². The van der Waals surface area contributed by atoms with Crippen molar-refractivity contribution in [3.05, 3.63) is 108 Å². The van der Waals surface area contributed by atoms with Gasteiger partial charge in [-0.05, 0) is 66.8 Å². The highest BCUT2D eigenvalue weighted by atomic mass is 19.1. The second-order valence-corrected chi connectivity index (χ2v) is 7.78. The molecular formula is C27H26FN3O2. The van der Waals surface area contributed by atoms with Crippen LogP contribution in [0.5, 0.6) is 5.75 Å². The molecule has 0 aliphatic heterocycles. The molecule has 0 unspecified atom stereocenters. The molecule has 1 aromatic heterocycles. The maximum Gasteiger partial charge on any atom is 0.326 e. The Bertz CT molecular complexity index is 1160. The molecule has 1 amide bonds. The molecule has 6 heteroatoms. The summed E-state index contributed by atoms with van der Waals surface area (Å²) >= 11 is 0. The second kappa shape index (κ2) is 11.1. The van der Waals surface area contributed by atoms with Crippen LogP contribution in [-0.2, 0) is 13.0 Å². The monoisotopic (exact) mass is 443 g/mol. The lowest BCUT2D eigenvalue weighted by Gasteiger charge is -2.07. The lowest BCUT2D eigenvalue weighted by molar-refractivity contribution is 0.242. The number of nitrogens with zero attached hydrogens (tertiary/aromatic N) is 2. The van der Waals surface area contributed by atoms with Crippen LogP contribution >= 0.6 is 0 Å². The lowest BCUT2D eigenvalue weighted by atomic mass is 10.1. The molecule has 4 rings (SSSR count). The highest BCUT2D eigenvalue weighted by molar-refractivity contribution is 5.77. The third-order valence-corrected chi connectivity index (χ3v) is 5.30. The highest BCUT2D eigenvalue weighted by Gasteiger charge is 2.08. The number of aryl methyl sites for hydroxylation is 1. The topological polar surface area (TPSA) is 56.2 Å². The second-order valence-electron chi connectivity index (χ2n) is 7.78. The van der Waals surface area contributed by atoms with E-state index < -0.39 is 0 Å². The number of rotatable bonds is 9. The van der Waals surface area contributed by atoms with E-state index in [0.717, 1.165) is 30.4 Å². The van der Waals surface area contributed by atoms with Gasteiger partial charge in [-0.25, -0.2) is 14.2 Å². The van der Waals surface area contributed by atoms with E-state index in [1.54, 1.807) is 18.3 Å². The van der Waals surface area contributed by atoms with Gasteiger partial charge in [0.2, 0.25) is 0 Å². The predicted octanol–water partition coefficient (Wildman–Crippen LogP) is 5.85. The third kappa shape index (κ3) is 6.53. The van der Waals surface area contributed by atoms with Crippen LogP contribution in [0.2, 0.25) is 0 Å². The summed E-state index contributed by atoms with van der Waals surface area (Å²) in [5.74, 6) is 0.440. The van der Waals surface area contributed by atoms with Crippen molar-refractivity contribution in [1.82, 2.24) is 14.9 Å². The van der Waals surface area contributed by atoms with Gasteiger partial charge in [-0.3, -0.25) is 4.57 Å². The Hall–Kier alpha value is -3.93. The van der Waals surface area contributed by atoms with Crippen LogP contribution in [0, 0.1) is 5.82 Å². The molecule has 1 heterocycles. The van der Waals surface area contributed by atoms with E-state index in [1.807, 2.05) is 42.5 Å². The average Bonchev–Trinajstić information content (AvgIpc) is 3.35. The number of amides is 1. The highest BCUT2D eigenvalue weighted by Crippen LogP contribution is 2.21. The number of hydrogen-bond donors (Lipinski definition) is 1. The molecule has 0 bridgehead atoms. The van der Waals surface area contributed by atoms with Gasteiger partial charge in [-0.15, -0.1) is 0 Å². The van der Waals surface area contributed by atoms with Gasteiger partial charge in [0, 0.05) is 18.3 Å². The Morgan fingerprint density at radius 3 is 2.42 bits per heavy atom. The average molecular weight is 444 g/mol. The Morgan fingerprint density at radius 2 is 1.67 bits per heavy atom. The minimum Gasteiger partial charge on any atom is -0.489 e. The van der Waals surface area contributed by atoms with Crippen molar-refractivity contribution < 1.29 is 13.9 Å². The van der Waals surface area contributed by atoms with E-state index in [9.17, 15) is 9.18 Å². The van der Waals surface area contributed by atoms with Gasteiger partial charge in [-0.2, -0.15) is 0 Å². The first-order valence-corrected chi connectivity index (χ1v) is 11.0. The summed E-state index contributed by atoms with van der Waals surface area (Å²) in [6, 6.07) is 23.9. The summed E-state index contributed by atoms with van der Waals surface area (Å²) in [5, 5.41) is 2.94. The van der Waals surface area contributed by atoms with Crippen LogP contribution < -0.4 is 10.1 Å². The van der Waals surface area contributed by atoms with Crippen molar-refractivity contribution >= 4 is 6.03 Å². The first-order valence-electron chi connectivity index (χ1n) is 11.0. The standard InChI is InChI=1S/C27H26FN3O2/c28-24-13-9-22(10-14-24)19-33-25-15-11-23(12-16-25)26-18-31(20-30-26)27(32)29-17-5-4-8-21-6-2-1-3-7-21/h1-3,6-7,9-16,18,20H,4-5,8,17,19H2,(H,29,32). The molecule has 0 radical (unpaired) electrons. The normalized spacial score (nSPS) is 10.7. The summed E-state index contributed by atoms with van der Waals surface area (Å²) in [5.41, 5.74) is 3.80. The van der Waals surface area contributed by atoms with E-state index in [0.29, 0.717) is 24.6 Å². The molecule has 5 nitrogen and oxygen atoms in total. The minimum absolute atomic E-state index is 0.187. The number of hydrogen-bond acceptors (Lipinski definition) is 3. The molecule has 168 valence electrons. The largest absolute Gasteiger partial charge is 0.489 e. The molecule has 33 heavy (non-hydrogen) atoms. The molecule has 1 N–H and O–H groups in total. The molecule has 3 aromatic carbocycles. The maximum absolute atomic E-state index is 13.0. The number of carbonyl (C=O) groups excluding carboxylic acids is 1. The summed E-state index contributed by atoms with van der Waals surface area (Å²) in [7, 11) is 0. The maximum atomic E-state index is 13.0. The van der Waals surface area contributed by atoms with Gasteiger partial charge in [0.15, 0.2) is 0 Å². The molecule has 0 aliphatic carbocycles. The van der Waals surface area contributed by atoms with Crippen LogP contribution in [0.15, 0.2) is 91.4 Å². The molecule has 0 spiro atoms. The Kier molecular flexibility index (Phi) is 7.48. The van der Waals surface area contributed by atoms with Crippen molar-refractivity contribution in [1.29, 1.82) is 0 Å². The SMILES string of the molecule is O=C(NCCCCc1ccccc1)n1cnc(-c2ccc(OCc3ccc(F)cc3)cc2)c1. The number of benzene rings is 3. The van der Waals surface area contributed by atoms with E-state index in [-0.39, 0.29) is 11.8 Å². The quantitative estimate of drug-likeness (QED) is 0.330. The zero-order valence-electron chi connectivity index (χ0n) is 18.3. The Labute approximate surface area is 192 Å². The summed E-state index contributed by atoms with van der Waals surface area (Å²) < 4.78 is 20.2. The molecule has 0 fully saturated rings. The van der Waals surface area contributed by atoms with Gasteiger partial charge in [-0.1, -0.05) is 42.5 Å². The van der Waals surface area contributed by atoms with Gasteiger partial charge in [0.05, 0.1) is 5.69 Å². The summed E-state index contributed by atoms with van der Waals surface area (Å²) in [6.07, 6.45) is 6.19. The molecule has 0 saturated heterocycles. The molecular weight excluding hydrogens is 417 g/mol. The van der Waals surface area contributed by atoms with Crippen LogP contribution in [-0.4, -0.2) is 22.1 Å². The summed E-state index contributed by atoms with van der Waals surface area (Å²) in [4.78, 5) is 16.7. The van der Waals surface area contributed by atoms with Gasteiger partial charge in [0.25, 0.3) is 0 Å². The molecule has 0 saturated carbocycles. The van der Waals surface area contributed by atoms with Crippen LogP contribution in [0.4, 0.5) is 9.18 Å². The summed E-state index contributed by atoms with van der Waals surface area (Å²) in [6.45, 7) is 0.985. The Morgan fingerprint density at radius 1 is 0.909 bits per heavy atom. The molecule has 4 aromatic rings. The molecule has 0 atom stereocenters. The first kappa shape index (κ1) is 22.3. The zero-order valence-corrected chi connectivity index (χ0v) is 18.3. The van der Waals surface area contributed by atoms with Gasteiger partial charge >= 0.3 is 6.03 Å². The van der Waals surface area contributed by atoms with E-state index in [1.165, 1.54) is 28.6 Å². The lowest BCUT2D eigenvalue weighted by Crippen LogP contribution is -2.28. The van der Waals surface area contributed by atoms with Crippen molar-refractivity contribution in [2.45, 2.75) is 25.9 Å². The number of halogens is 1.